The third-order valence-corrected chi connectivity index (χ3v) is 3.14. The van der Waals surface area contributed by atoms with E-state index in [0.717, 1.165) is 19.6 Å². The van der Waals surface area contributed by atoms with E-state index in [1.165, 1.54) is 5.19 Å². The van der Waals surface area contributed by atoms with Gasteiger partial charge in [0.1, 0.15) is 5.75 Å². The minimum atomic E-state index is -0.622. The largest absolute Gasteiger partial charge is 0.508 e. The molecule has 0 radical (unpaired) electrons. The third kappa shape index (κ3) is 4.41. The molecule has 0 fully saturated rings. The predicted octanol–water partition coefficient (Wildman–Crippen LogP) is 0.154. The fourth-order valence-corrected chi connectivity index (χ4v) is 2.10. The van der Waals surface area contributed by atoms with Crippen LogP contribution in [0.3, 0.4) is 0 Å². The van der Waals surface area contributed by atoms with Crippen LogP contribution < -0.4 is 5.19 Å². The van der Waals surface area contributed by atoms with E-state index in [1.54, 1.807) is 19.2 Å². The van der Waals surface area contributed by atoms with Gasteiger partial charge in [-0.2, -0.15) is 0 Å². The van der Waals surface area contributed by atoms with E-state index in [2.05, 4.69) is 0 Å². The molecule has 0 aliphatic carbocycles. The summed E-state index contributed by atoms with van der Waals surface area (Å²) >= 11 is 0. The molecule has 0 bridgehead atoms. The molecule has 4 heteroatoms. The lowest BCUT2D eigenvalue weighted by molar-refractivity contribution is 0.174. The van der Waals surface area contributed by atoms with Crippen molar-refractivity contribution in [1.82, 2.24) is 0 Å². The van der Waals surface area contributed by atoms with Crippen LogP contribution in [0.4, 0.5) is 0 Å². The first-order chi connectivity index (χ1) is 6.83. The van der Waals surface area contributed by atoms with Gasteiger partial charge in [-0.1, -0.05) is 12.1 Å². The Morgan fingerprint density at radius 1 is 1.21 bits per heavy atom. The van der Waals surface area contributed by atoms with Crippen molar-refractivity contribution in [2.45, 2.75) is 6.42 Å². The molecule has 0 spiro atoms. The molecule has 78 valence electrons. The van der Waals surface area contributed by atoms with Gasteiger partial charge >= 0.3 is 0 Å². The highest BCUT2D eigenvalue weighted by Gasteiger charge is 1.94. The van der Waals surface area contributed by atoms with Crippen LogP contribution in [0.15, 0.2) is 24.3 Å². The zero-order valence-electron chi connectivity index (χ0n) is 8.40. The number of methoxy groups -OCH3 is 1. The third-order valence-electron chi connectivity index (χ3n) is 1.84. The Labute approximate surface area is 86.6 Å². The van der Waals surface area contributed by atoms with E-state index in [0.29, 0.717) is 5.75 Å². The highest BCUT2D eigenvalue weighted by Crippen LogP contribution is 2.02. The van der Waals surface area contributed by atoms with Gasteiger partial charge < -0.3 is 14.3 Å². The summed E-state index contributed by atoms with van der Waals surface area (Å²) in [5, 5.41) is 10.3. The van der Waals surface area contributed by atoms with Crippen LogP contribution >= 0.6 is 0 Å². The molecule has 0 saturated heterocycles. The standard InChI is InChI=1S/C10H16O3Si/c1-12-7-2-8-13-14-10-5-3-9(11)4-6-10/h3-6,11H,2,7-8,14H2,1H3. The first-order valence-corrected chi connectivity index (χ1v) is 5.96. The second kappa shape index (κ2) is 6.59. The molecule has 0 saturated carbocycles. The maximum atomic E-state index is 9.06. The van der Waals surface area contributed by atoms with Crippen LogP contribution in [0.5, 0.6) is 5.75 Å². The van der Waals surface area contributed by atoms with Crippen molar-refractivity contribution in [3.05, 3.63) is 24.3 Å². The van der Waals surface area contributed by atoms with Gasteiger partial charge in [-0.05, 0) is 23.7 Å². The minimum Gasteiger partial charge on any atom is -0.508 e. The van der Waals surface area contributed by atoms with Crippen LogP contribution in [0, 0.1) is 0 Å². The van der Waals surface area contributed by atoms with E-state index in [4.69, 9.17) is 14.3 Å². The number of hydrogen-bond donors (Lipinski definition) is 1. The smallest absolute Gasteiger partial charge is 0.192 e. The van der Waals surface area contributed by atoms with E-state index in [9.17, 15) is 0 Å². The molecule has 3 nitrogen and oxygen atoms in total. The quantitative estimate of drug-likeness (QED) is 0.539. The van der Waals surface area contributed by atoms with Gasteiger partial charge in [0.25, 0.3) is 0 Å². The van der Waals surface area contributed by atoms with Crippen molar-refractivity contribution in [2.24, 2.45) is 0 Å². The molecule has 0 aromatic heterocycles. The number of phenolic OH excluding ortho intramolecular Hbond substituents is 1. The monoisotopic (exact) mass is 212 g/mol. The normalized spacial score (nSPS) is 11.2. The summed E-state index contributed by atoms with van der Waals surface area (Å²) in [5.41, 5.74) is 0. The fourth-order valence-electron chi connectivity index (χ4n) is 1.09. The molecule has 14 heavy (non-hydrogen) atoms. The Balaban J connectivity index is 2.15. The predicted molar refractivity (Wildman–Crippen MR) is 58.7 cm³/mol. The molecule has 1 aromatic rings. The Kier molecular flexibility index (Phi) is 5.29. The van der Waals surface area contributed by atoms with Crippen LogP contribution in [0.1, 0.15) is 6.42 Å². The lowest BCUT2D eigenvalue weighted by atomic mass is 10.3. The summed E-state index contributed by atoms with van der Waals surface area (Å²) in [4.78, 5) is 0. The molecule has 0 aliphatic rings. The Hall–Kier alpha value is -0.843. The minimum absolute atomic E-state index is 0.308. The summed E-state index contributed by atoms with van der Waals surface area (Å²) < 4.78 is 10.5. The van der Waals surface area contributed by atoms with E-state index in [-0.39, 0.29) is 0 Å². The second-order valence-electron chi connectivity index (χ2n) is 3.07. The summed E-state index contributed by atoms with van der Waals surface area (Å²) in [6.45, 7) is 1.52. The van der Waals surface area contributed by atoms with Crippen LogP contribution in [-0.4, -0.2) is 35.2 Å². The molecule has 0 atom stereocenters. The highest BCUT2D eigenvalue weighted by molar-refractivity contribution is 6.46. The molecule has 0 heterocycles. The number of ether oxygens (including phenoxy) is 1. The number of phenols is 1. The molecular weight excluding hydrogens is 196 g/mol. The molecule has 0 unspecified atom stereocenters. The van der Waals surface area contributed by atoms with Crippen molar-refractivity contribution in [3.63, 3.8) is 0 Å². The van der Waals surface area contributed by atoms with Crippen LogP contribution in [0.2, 0.25) is 0 Å². The first-order valence-electron chi connectivity index (χ1n) is 4.67. The van der Waals surface area contributed by atoms with Crippen LogP contribution in [-0.2, 0) is 9.16 Å². The van der Waals surface area contributed by atoms with E-state index >= 15 is 0 Å². The van der Waals surface area contributed by atoms with Crippen molar-refractivity contribution in [3.8, 4) is 5.75 Å². The van der Waals surface area contributed by atoms with Crippen molar-refractivity contribution >= 4 is 14.9 Å². The summed E-state index contributed by atoms with van der Waals surface area (Å²) in [7, 11) is 1.07. The lowest BCUT2D eigenvalue weighted by Crippen LogP contribution is -2.17. The number of hydrogen-bond acceptors (Lipinski definition) is 3. The van der Waals surface area contributed by atoms with Gasteiger partial charge in [-0.3, -0.25) is 0 Å². The lowest BCUT2D eigenvalue weighted by Gasteiger charge is -2.03. The second-order valence-corrected chi connectivity index (χ2v) is 4.58. The maximum absolute atomic E-state index is 9.06. The zero-order valence-corrected chi connectivity index (χ0v) is 9.82. The van der Waals surface area contributed by atoms with Gasteiger partial charge in [0, 0.05) is 20.3 Å². The Morgan fingerprint density at radius 2 is 1.93 bits per heavy atom. The van der Waals surface area contributed by atoms with E-state index < -0.39 is 9.76 Å². The molecular formula is C10H16O3Si. The van der Waals surface area contributed by atoms with Gasteiger partial charge in [0.2, 0.25) is 0 Å². The topological polar surface area (TPSA) is 38.7 Å². The Bertz CT molecular complexity index is 248. The molecule has 1 N–H and O–H groups in total. The van der Waals surface area contributed by atoms with Gasteiger partial charge in [-0.25, -0.2) is 0 Å². The van der Waals surface area contributed by atoms with Gasteiger partial charge in [0.05, 0.1) is 0 Å². The van der Waals surface area contributed by atoms with Crippen molar-refractivity contribution < 1.29 is 14.3 Å². The molecule has 0 amide bonds. The summed E-state index contributed by atoms with van der Waals surface area (Å²) in [6.07, 6.45) is 0.946. The van der Waals surface area contributed by atoms with Crippen molar-refractivity contribution in [2.75, 3.05) is 20.3 Å². The fraction of sp³-hybridized carbons (Fsp3) is 0.400. The zero-order chi connectivity index (χ0) is 10.2. The van der Waals surface area contributed by atoms with Crippen molar-refractivity contribution in [1.29, 1.82) is 0 Å². The van der Waals surface area contributed by atoms with E-state index in [1.807, 2.05) is 12.1 Å². The summed E-state index contributed by atoms with van der Waals surface area (Å²) in [6, 6.07) is 7.22. The number of benzene rings is 1. The molecule has 1 aromatic carbocycles. The maximum Gasteiger partial charge on any atom is 0.192 e. The highest BCUT2D eigenvalue weighted by atomic mass is 28.2. The SMILES string of the molecule is COCCCO[SiH2]c1ccc(O)cc1. The summed E-state index contributed by atoms with van der Waals surface area (Å²) in [5.74, 6) is 0.308. The molecule has 0 aliphatic heterocycles. The van der Waals surface area contributed by atoms with Gasteiger partial charge in [0.15, 0.2) is 9.76 Å². The number of rotatable bonds is 6. The average molecular weight is 212 g/mol. The Morgan fingerprint density at radius 3 is 2.57 bits per heavy atom. The average Bonchev–Trinajstić information content (AvgIpc) is 2.21. The first kappa shape index (κ1) is 11.2. The van der Waals surface area contributed by atoms with Gasteiger partial charge in [-0.15, -0.1) is 0 Å². The number of aromatic hydroxyl groups is 1. The molecule has 1 rings (SSSR count). The van der Waals surface area contributed by atoms with Crippen LogP contribution in [0.25, 0.3) is 0 Å².